The molecule has 0 radical (unpaired) electrons. The quantitative estimate of drug-likeness (QED) is 0.167. The third-order valence-corrected chi connectivity index (χ3v) is 9.74. The van der Waals surface area contributed by atoms with E-state index in [0.717, 1.165) is 44.0 Å². The smallest absolute Gasteiger partial charge is 0.132 e. The standard InChI is InChI=1S/C38H36O5/c39-29-15-9-26(10-16-29)21-37(25-43-37)24-42-31-19-13-28(14-20-31)38(27-11-17-30(18-12-27)40-22-32-23-41-32)35-7-3-1-5-33(35)34-6-2-4-8-36(34)38/h1-8,11-14,17-20,26,32H,9-10,15-16,21-25H2. The average Bonchev–Trinajstić information content (AvgIpc) is 4.00. The van der Waals surface area contributed by atoms with Crippen LogP contribution < -0.4 is 9.47 Å². The lowest BCUT2D eigenvalue weighted by atomic mass is 9.68. The van der Waals surface area contributed by atoms with Crippen LogP contribution in [0.1, 0.15) is 54.4 Å². The van der Waals surface area contributed by atoms with E-state index in [4.69, 9.17) is 18.9 Å². The Morgan fingerprint density at radius 2 is 1.26 bits per heavy atom. The fourth-order valence-corrected chi connectivity index (χ4v) is 7.29. The zero-order valence-electron chi connectivity index (χ0n) is 24.3. The number of epoxide rings is 2. The van der Waals surface area contributed by atoms with Crippen LogP contribution in [0.25, 0.3) is 11.1 Å². The fourth-order valence-electron chi connectivity index (χ4n) is 7.29. The maximum Gasteiger partial charge on any atom is 0.132 e. The van der Waals surface area contributed by atoms with E-state index in [2.05, 4.69) is 97.1 Å². The molecule has 1 saturated carbocycles. The summed E-state index contributed by atoms with van der Waals surface area (Å²) >= 11 is 0. The SMILES string of the molecule is O=C1CCC(CC2(COc3ccc(C4(c5ccc(OCC6CO6)cc5)c5ccccc5-c5ccccc54)cc3)CO2)CC1. The molecule has 0 spiro atoms. The molecule has 4 aromatic carbocycles. The number of carbonyl (C=O) groups excluding carboxylic acids is 1. The monoisotopic (exact) mass is 572 g/mol. The van der Waals surface area contributed by atoms with E-state index < -0.39 is 5.41 Å². The molecule has 4 aromatic rings. The predicted octanol–water partition coefficient (Wildman–Crippen LogP) is 7.12. The molecule has 4 aliphatic rings. The maximum atomic E-state index is 11.7. The van der Waals surface area contributed by atoms with Gasteiger partial charge in [-0.15, -0.1) is 0 Å². The Morgan fingerprint density at radius 3 is 1.79 bits per heavy atom. The van der Waals surface area contributed by atoms with Crippen molar-refractivity contribution in [3.8, 4) is 22.6 Å². The van der Waals surface area contributed by atoms with Crippen LogP contribution >= 0.6 is 0 Å². The van der Waals surface area contributed by atoms with Crippen LogP contribution in [0.2, 0.25) is 0 Å². The zero-order chi connectivity index (χ0) is 28.9. The van der Waals surface area contributed by atoms with E-state index >= 15 is 0 Å². The number of benzene rings is 4. The highest BCUT2D eigenvalue weighted by molar-refractivity contribution is 5.86. The normalized spacial score (nSPS) is 23.3. The van der Waals surface area contributed by atoms with Gasteiger partial charge >= 0.3 is 0 Å². The fraction of sp³-hybridized carbons (Fsp3) is 0.342. The summed E-state index contributed by atoms with van der Waals surface area (Å²) in [6, 6.07) is 34.7. The van der Waals surface area contributed by atoms with Gasteiger partial charge in [0.05, 0.1) is 18.6 Å². The molecule has 2 saturated heterocycles. The first-order chi connectivity index (χ1) is 21.1. The summed E-state index contributed by atoms with van der Waals surface area (Å²) in [5, 5.41) is 0. The molecule has 3 fully saturated rings. The number of fused-ring (bicyclic) bond motifs is 3. The Morgan fingerprint density at radius 1 is 0.721 bits per heavy atom. The summed E-state index contributed by atoms with van der Waals surface area (Å²) in [5.41, 5.74) is 6.81. The molecule has 0 aromatic heterocycles. The van der Waals surface area contributed by atoms with Crippen molar-refractivity contribution in [2.45, 2.75) is 49.2 Å². The first kappa shape index (κ1) is 26.7. The Balaban J connectivity index is 1.10. The van der Waals surface area contributed by atoms with Gasteiger partial charge in [0.2, 0.25) is 0 Å². The minimum absolute atomic E-state index is 0.205. The van der Waals surface area contributed by atoms with Crippen LogP contribution in [0.5, 0.6) is 11.5 Å². The van der Waals surface area contributed by atoms with Gasteiger partial charge < -0.3 is 18.9 Å². The summed E-state index contributed by atoms with van der Waals surface area (Å²) in [5.74, 6) is 2.65. The average molecular weight is 573 g/mol. The summed E-state index contributed by atoms with van der Waals surface area (Å²) in [4.78, 5) is 11.7. The summed E-state index contributed by atoms with van der Waals surface area (Å²) in [6.07, 6.45) is 4.57. The second-order valence-electron chi connectivity index (χ2n) is 12.6. The molecule has 0 amide bonds. The van der Waals surface area contributed by atoms with Crippen molar-refractivity contribution in [1.82, 2.24) is 0 Å². The summed E-state index contributed by atoms with van der Waals surface area (Å²) in [7, 11) is 0. The molecule has 5 heteroatoms. The molecule has 8 rings (SSSR count). The lowest BCUT2D eigenvalue weighted by Gasteiger charge is -2.34. The van der Waals surface area contributed by atoms with Gasteiger partial charge in [0.1, 0.15) is 42.2 Å². The molecule has 2 aliphatic carbocycles. The molecular formula is C38H36O5. The van der Waals surface area contributed by atoms with Crippen LogP contribution in [0, 0.1) is 5.92 Å². The lowest BCUT2D eigenvalue weighted by Crippen LogP contribution is -2.29. The second kappa shape index (κ2) is 10.7. The third kappa shape index (κ3) is 4.95. The van der Waals surface area contributed by atoms with Crippen LogP contribution in [0.3, 0.4) is 0 Å². The Hall–Kier alpha value is -3.93. The topological polar surface area (TPSA) is 60.6 Å². The summed E-state index contributed by atoms with van der Waals surface area (Å²) < 4.78 is 23.6. The zero-order valence-corrected chi connectivity index (χ0v) is 24.3. The molecule has 2 atom stereocenters. The van der Waals surface area contributed by atoms with Gasteiger partial charge in [-0.1, -0.05) is 72.8 Å². The van der Waals surface area contributed by atoms with Gasteiger partial charge in [0.15, 0.2) is 0 Å². The predicted molar refractivity (Wildman–Crippen MR) is 165 cm³/mol. The summed E-state index contributed by atoms with van der Waals surface area (Å²) in [6.45, 7) is 2.65. The van der Waals surface area contributed by atoms with Crippen LogP contribution in [0.4, 0.5) is 0 Å². The molecule has 2 heterocycles. The van der Waals surface area contributed by atoms with Gasteiger partial charge in [0, 0.05) is 12.8 Å². The van der Waals surface area contributed by atoms with Crippen molar-refractivity contribution >= 4 is 5.78 Å². The lowest BCUT2D eigenvalue weighted by molar-refractivity contribution is -0.121. The number of hydrogen-bond acceptors (Lipinski definition) is 5. The van der Waals surface area contributed by atoms with Crippen LogP contribution in [-0.2, 0) is 19.7 Å². The maximum absolute atomic E-state index is 11.7. The number of ketones is 1. The van der Waals surface area contributed by atoms with E-state index in [9.17, 15) is 4.79 Å². The van der Waals surface area contributed by atoms with Crippen LogP contribution in [-0.4, -0.2) is 43.9 Å². The molecule has 5 nitrogen and oxygen atoms in total. The number of rotatable bonds is 10. The van der Waals surface area contributed by atoms with E-state index in [0.29, 0.717) is 37.8 Å². The van der Waals surface area contributed by atoms with Gasteiger partial charge in [-0.05, 0) is 82.8 Å². The molecule has 2 unspecified atom stereocenters. The number of hydrogen-bond donors (Lipinski definition) is 0. The molecular weight excluding hydrogens is 536 g/mol. The minimum atomic E-state index is -0.469. The molecule has 43 heavy (non-hydrogen) atoms. The van der Waals surface area contributed by atoms with E-state index in [1.165, 1.54) is 33.4 Å². The number of ether oxygens (including phenoxy) is 4. The van der Waals surface area contributed by atoms with Crippen molar-refractivity contribution in [3.63, 3.8) is 0 Å². The second-order valence-corrected chi connectivity index (χ2v) is 12.6. The van der Waals surface area contributed by atoms with Crippen LogP contribution in [0.15, 0.2) is 97.1 Å². The molecule has 218 valence electrons. The third-order valence-electron chi connectivity index (χ3n) is 9.74. The van der Waals surface area contributed by atoms with E-state index in [1.807, 2.05) is 0 Å². The van der Waals surface area contributed by atoms with E-state index in [-0.39, 0.29) is 11.7 Å². The minimum Gasteiger partial charge on any atom is -0.491 e. The Labute approximate surface area is 252 Å². The highest BCUT2D eigenvalue weighted by atomic mass is 16.6. The van der Waals surface area contributed by atoms with Gasteiger partial charge in [-0.3, -0.25) is 4.79 Å². The van der Waals surface area contributed by atoms with Gasteiger partial charge in [0.25, 0.3) is 0 Å². The Bertz CT molecular complexity index is 1580. The van der Waals surface area contributed by atoms with Crippen molar-refractivity contribution in [1.29, 1.82) is 0 Å². The molecule has 0 N–H and O–H groups in total. The molecule has 2 aliphatic heterocycles. The van der Waals surface area contributed by atoms with Gasteiger partial charge in [-0.25, -0.2) is 0 Å². The first-order valence-electron chi connectivity index (χ1n) is 15.6. The van der Waals surface area contributed by atoms with Crippen molar-refractivity contribution in [2.24, 2.45) is 5.92 Å². The van der Waals surface area contributed by atoms with Crippen molar-refractivity contribution in [3.05, 3.63) is 119 Å². The highest BCUT2D eigenvalue weighted by Gasteiger charge is 2.48. The Kier molecular flexibility index (Phi) is 6.61. The van der Waals surface area contributed by atoms with Crippen molar-refractivity contribution in [2.75, 3.05) is 26.4 Å². The highest BCUT2D eigenvalue weighted by Crippen LogP contribution is 2.56. The number of carbonyl (C=O) groups is 1. The molecule has 0 bridgehead atoms. The number of Topliss-reactive ketones (excluding diaryl/α,β-unsaturated/α-hetero) is 1. The largest absolute Gasteiger partial charge is 0.491 e. The van der Waals surface area contributed by atoms with Crippen molar-refractivity contribution < 1.29 is 23.7 Å². The first-order valence-corrected chi connectivity index (χ1v) is 15.6. The van der Waals surface area contributed by atoms with Gasteiger partial charge in [-0.2, -0.15) is 0 Å². The van der Waals surface area contributed by atoms with E-state index in [1.54, 1.807) is 0 Å².